The van der Waals surface area contributed by atoms with Crippen molar-refractivity contribution in [2.75, 3.05) is 45.1 Å². The zero-order valence-corrected chi connectivity index (χ0v) is 14.5. The lowest BCUT2D eigenvalue weighted by atomic mass is 10.0. The van der Waals surface area contributed by atoms with Gasteiger partial charge in [0.25, 0.3) is 0 Å². The number of aryl methyl sites for hydroxylation is 1. The molecule has 0 aromatic carbocycles. The first-order chi connectivity index (χ1) is 11.1. The molecule has 126 valence electrons. The molecule has 1 fully saturated rings. The second kappa shape index (κ2) is 6.80. The molecule has 0 amide bonds. The van der Waals surface area contributed by atoms with Gasteiger partial charge in [-0.1, -0.05) is 13.8 Å². The average molecular weight is 317 g/mol. The molecule has 1 atom stereocenters. The van der Waals surface area contributed by atoms with Crippen molar-refractivity contribution >= 4 is 16.9 Å². The van der Waals surface area contributed by atoms with E-state index in [1.807, 2.05) is 13.2 Å². The Balaban J connectivity index is 1.71. The summed E-state index contributed by atoms with van der Waals surface area (Å²) in [7, 11) is 4.10. The maximum atomic E-state index is 4.41. The maximum Gasteiger partial charge on any atom is 0.163 e. The SMILES string of the molecule is CC(C)[C@@H](CNc1ncnc2c1cnn2C)N1CCN(C)CC1. The Labute approximate surface area is 137 Å². The van der Waals surface area contributed by atoms with Gasteiger partial charge in [-0.3, -0.25) is 9.58 Å². The highest BCUT2D eigenvalue weighted by Gasteiger charge is 2.25. The van der Waals surface area contributed by atoms with Gasteiger partial charge in [0, 0.05) is 45.8 Å². The van der Waals surface area contributed by atoms with Crippen LogP contribution in [0.3, 0.4) is 0 Å². The summed E-state index contributed by atoms with van der Waals surface area (Å²) in [5.74, 6) is 1.47. The van der Waals surface area contributed by atoms with Crippen LogP contribution in [0.1, 0.15) is 13.8 Å². The lowest BCUT2D eigenvalue weighted by Crippen LogP contribution is -2.52. The van der Waals surface area contributed by atoms with Gasteiger partial charge in [-0.05, 0) is 13.0 Å². The zero-order valence-electron chi connectivity index (χ0n) is 14.5. The molecule has 0 unspecified atom stereocenters. The molecule has 0 spiro atoms. The second-order valence-corrected chi connectivity index (χ2v) is 6.76. The fourth-order valence-corrected chi connectivity index (χ4v) is 3.24. The van der Waals surface area contributed by atoms with E-state index in [1.165, 1.54) is 0 Å². The molecule has 2 aromatic heterocycles. The van der Waals surface area contributed by atoms with Crippen molar-refractivity contribution in [1.29, 1.82) is 0 Å². The van der Waals surface area contributed by atoms with Crippen LogP contribution in [-0.4, -0.2) is 75.4 Å². The van der Waals surface area contributed by atoms with Gasteiger partial charge in [0.15, 0.2) is 5.65 Å². The van der Waals surface area contributed by atoms with Crippen molar-refractivity contribution in [3.05, 3.63) is 12.5 Å². The van der Waals surface area contributed by atoms with E-state index in [4.69, 9.17) is 0 Å². The van der Waals surface area contributed by atoms with Crippen molar-refractivity contribution in [1.82, 2.24) is 29.5 Å². The summed E-state index contributed by atoms with van der Waals surface area (Å²) < 4.78 is 1.78. The van der Waals surface area contributed by atoms with Crippen molar-refractivity contribution in [2.24, 2.45) is 13.0 Å². The molecule has 1 N–H and O–H groups in total. The highest BCUT2D eigenvalue weighted by molar-refractivity contribution is 5.85. The Bertz CT molecular complexity index is 643. The summed E-state index contributed by atoms with van der Waals surface area (Å²) in [5.41, 5.74) is 0.864. The van der Waals surface area contributed by atoms with Crippen LogP contribution < -0.4 is 5.32 Å². The Morgan fingerprint density at radius 3 is 2.57 bits per heavy atom. The van der Waals surface area contributed by atoms with Gasteiger partial charge < -0.3 is 10.2 Å². The molecule has 0 radical (unpaired) electrons. The minimum absolute atomic E-state index is 0.505. The van der Waals surface area contributed by atoms with Crippen LogP contribution in [0.5, 0.6) is 0 Å². The molecule has 0 aliphatic carbocycles. The average Bonchev–Trinajstić information content (AvgIpc) is 2.91. The number of nitrogens with one attached hydrogen (secondary N) is 1. The topological polar surface area (TPSA) is 62.1 Å². The number of hydrogen-bond acceptors (Lipinski definition) is 6. The monoisotopic (exact) mass is 317 g/mol. The van der Waals surface area contributed by atoms with Gasteiger partial charge in [-0.15, -0.1) is 0 Å². The number of fused-ring (bicyclic) bond motifs is 1. The summed E-state index contributed by atoms with van der Waals surface area (Å²) in [6.07, 6.45) is 3.44. The first kappa shape index (κ1) is 16.1. The Hall–Kier alpha value is -1.73. The standard InChI is InChI=1S/C16H27N7/c1-12(2)14(23-7-5-21(3)6-8-23)10-17-15-13-9-20-22(4)16(13)19-11-18-15/h9,11-12,14H,5-8,10H2,1-4H3,(H,17,18,19)/t14-/m1/s1. The predicted molar refractivity (Wildman–Crippen MR) is 92.5 cm³/mol. The first-order valence-corrected chi connectivity index (χ1v) is 8.35. The normalized spacial score (nSPS) is 18.7. The van der Waals surface area contributed by atoms with E-state index < -0.39 is 0 Å². The molecule has 1 saturated heterocycles. The second-order valence-electron chi connectivity index (χ2n) is 6.76. The fourth-order valence-electron chi connectivity index (χ4n) is 3.24. The minimum Gasteiger partial charge on any atom is -0.368 e. The Morgan fingerprint density at radius 1 is 1.13 bits per heavy atom. The fraction of sp³-hybridized carbons (Fsp3) is 0.688. The third kappa shape index (κ3) is 3.45. The largest absolute Gasteiger partial charge is 0.368 e. The molecule has 1 aliphatic heterocycles. The van der Waals surface area contributed by atoms with Gasteiger partial charge in [0.2, 0.25) is 0 Å². The number of anilines is 1. The van der Waals surface area contributed by atoms with Crippen molar-refractivity contribution in [3.63, 3.8) is 0 Å². The summed E-state index contributed by atoms with van der Waals surface area (Å²) in [5, 5.41) is 8.79. The number of piperazine rings is 1. The van der Waals surface area contributed by atoms with Gasteiger partial charge >= 0.3 is 0 Å². The van der Waals surface area contributed by atoms with Crippen LogP contribution in [0.4, 0.5) is 5.82 Å². The molecule has 0 saturated carbocycles. The highest BCUT2D eigenvalue weighted by atomic mass is 15.3. The number of likely N-dealkylation sites (N-methyl/N-ethyl adjacent to an activating group) is 1. The van der Waals surface area contributed by atoms with Crippen LogP contribution in [0.2, 0.25) is 0 Å². The van der Waals surface area contributed by atoms with Crippen molar-refractivity contribution in [2.45, 2.75) is 19.9 Å². The van der Waals surface area contributed by atoms with Gasteiger partial charge in [0.05, 0.1) is 11.6 Å². The lowest BCUT2D eigenvalue weighted by molar-refractivity contribution is 0.0944. The van der Waals surface area contributed by atoms with E-state index in [0.29, 0.717) is 12.0 Å². The third-order valence-corrected chi connectivity index (χ3v) is 4.78. The smallest absolute Gasteiger partial charge is 0.163 e. The molecule has 2 aromatic rings. The number of nitrogens with zero attached hydrogens (tertiary/aromatic N) is 6. The molecule has 0 bridgehead atoms. The zero-order chi connectivity index (χ0) is 16.4. The predicted octanol–water partition coefficient (Wildman–Crippen LogP) is 1.05. The first-order valence-electron chi connectivity index (χ1n) is 8.35. The van der Waals surface area contributed by atoms with E-state index >= 15 is 0 Å². The van der Waals surface area contributed by atoms with Gasteiger partial charge in [0.1, 0.15) is 12.1 Å². The third-order valence-electron chi connectivity index (χ3n) is 4.78. The number of hydrogen-bond donors (Lipinski definition) is 1. The summed E-state index contributed by atoms with van der Waals surface area (Å²) >= 11 is 0. The van der Waals surface area contributed by atoms with Crippen LogP contribution >= 0.6 is 0 Å². The molecule has 3 rings (SSSR count). The van der Waals surface area contributed by atoms with E-state index in [0.717, 1.165) is 49.6 Å². The Kier molecular flexibility index (Phi) is 4.77. The molecular formula is C16H27N7. The maximum absolute atomic E-state index is 4.41. The highest BCUT2D eigenvalue weighted by Crippen LogP contribution is 2.19. The molecule has 23 heavy (non-hydrogen) atoms. The summed E-state index contributed by atoms with van der Waals surface area (Å²) in [6.45, 7) is 10.0. The van der Waals surface area contributed by atoms with E-state index in [2.05, 4.69) is 51.1 Å². The summed E-state index contributed by atoms with van der Waals surface area (Å²) in [4.78, 5) is 13.7. The van der Waals surface area contributed by atoms with Crippen molar-refractivity contribution < 1.29 is 0 Å². The van der Waals surface area contributed by atoms with Crippen molar-refractivity contribution in [3.8, 4) is 0 Å². The van der Waals surface area contributed by atoms with Crippen LogP contribution in [0, 0.1) is 5.92 Å². The quantitative estimate of drug-likeness (QED) is 0.889. The molecular weight excluding hydrogens is 290 g/mol. The number of rotatable bonds is 5. The lowest BCUT2D eigenvalue weighted by Gasteiger charge is -2.40. The van der Waals surface area contributed by atoms with Crippen LogP contribution in [0.25, 0.3) is 11.0 Å². The molecule has 7 heteroatoms. The summed E-state index contributed by atoms with van der Waals surface area (Å²) in [6, 6.07) is 0.505. The van der Waals surface area contributed by atoms with Crippen LogP contribution in [0.15, 0.2) is 12.5 Å². The minimum atomic E-state index is 0.505. The van der Waals surface area contributed by atoms with Crippen LogP contribution in [-0.2, 0) is 7.05 Å². The van der Waals surface area contributed by atoms with Gasteiger partial charge in [-0.2, -0.15) is 5.10 Å². The molecule has 7 nitrogen and oxygen atoms in total. The van der Waals surface area contributed by atoms with E-state index in [9.17, 15) is 0 Å². The molecule has 1 aliphatic rings. The van der Waals surface area contributed by atoms with Gasteiger partial charge in [-0.25, -0.2) is 9.97 Å². The van der Waals surface area contributed by atoms with E-state index in [1.54, 1.807) is 11.0 Å². The van der Waals surface area contributed by atoms with E-state index in [-0.39, 0.29) is 0 Å². The Morgan fingerprint density at radius 2 is 1.87 bits per heavy atom. The molecule has 3 heterocycles. The number of aromatic nitrogens is 4.